The Kier molecular flexibility index (Phi) is 7.36. The van der Waals surface area contributed by atoms with Gasteiger partial charge in [-0.15, -0.1) is 0 Å². The molecule has 8 nitrogen and oxygen atoms in total. The van der Waals surface area contributed by atoms with E-state index in [1.807, 2.05) is 0 Å². The van der Waals surface area contributed by atoms with Crippen molar-refractivity contribution in [3.8, 4) is 0 Å². The predicted molar refractivity (Wildman–Crippen MR) is 97.5 cm³/mol. The highest BCUT2D eigenvalue weighted by Crippen LogP contribution is 2.11. The zero-order valence-corrected chi connectivity index (χ0v) is 14.9. The van der Waals surface area contributed by atoms with Crippen LogP contribution < -0.4 is 22.1 Å². The average molecular weight is 393 g/mol. The number of halogens is 2. The van der Waals surface area contributed by atoms with Crippen molar-refractivity contribution in [1.29, 1.82) is 0 Å². The molecule has 7 N–H and O–H groups in total. The summed E-state index contributed by atoms with van der Waals surface area (Å²) in [6, 6.07) is 5.26. The summed E-state index contributed by atoms with van der Waals surface area (Å²) in [5.41, 5.74) is 11.7. The van der Waals surface area contributed by atoms with Gasteiger partial charge in [-0.1, -0.05) is 12.1 Å². The molecule has 2 atom stereocenters. The van der Waals surface area contributed by atoms with Gasteiger partial charge in [-0.25, -0.2) is 13.8 Å². The minimum atomic E-state index is -1.50. The molecular formula is C18H21F2N5O3. The van der Waals surface area contributed by atoms with Crippen molar-refractivity contribution in [2.45, 2.75) is 25.1 Å². The summed E-state index contributed by atoms with van der Waals surface area (Å²) in [5, 5.41) is 14.5. The fraction of sp³-hybridized carbons (Fsp3) is 0.278. The number of hydrogen-bond acceptors (Lipinski definition) is 6. The van der Waals surface area contributed by atoms with E-state index < -0.39 is 35.6 Å². The third kappa shape index (κ3) is 5.96. The van der Waals surface area contributed by atoms with E-state index in [0.717, 1.165) is 12.1 Å². The molecule has 1 unspecified atom stereocenters. The molecule has 150 valence electrons. The third-order valence-electron chi connectivity index (χ3n) is 3.90. The van der Waals surface area contributed by atoms with Crippen molar-refractivity contribution in [3.63, 3.8) is 0 Å². The van der Waals surface area contributed by atoms with E-state index in [4.69, 9.17) is 11.5 Å². The molecule has 28 heavy (non-hydrogen) atoms. The molecular weight excluding hydrogens is 372 g/mol. The summed E-state index contributed by atoms with van der Waals surface area (Å²) < 4.78 is 26.5. The maximum Gasteiger partial charge on any atom is 0.250 e. The van der Waals surface area contributed by atoms with E-state index in [0.29, 0.717) is 11.4 Å². The van der Waals surface area contributed by atoms with Crippen LogP contribution in [0.25, 0.3) is 0 Å². The van der Waals surface area contributed by atoms with Gasteiger partial charge in [0.1, 0.15) is 18.0 Å². The summed E-state index contributed by atoms with van der Waals surface area (Å²) in [4.78, 5) is 28.4. The molecule has 0 spiro atoms. The number of nitrogens with two attached hydrogens (primary N) is 2. The van der Waals surface area contributed by atoms with Crippen LogP contribution in [0, 0.1) is 11.6 Å². The number of hydrogen-bond donors (Lipinski definition) is 5. The molecule has 0 saturated carbocycles. The number of nitrogens with one attached hydrogen (secondary N) is 2. The molecule has 0 aliphatic heterocycles. The third-order valence-corrected chi connectivity index (χ3v) is 3.90. The largest absolute Gasteiger partial charge is 0.384 e. The first-order valence-electron chi connectivity index (χ1n) is 8.40. The van der Waals surface area contributed by atoms with Gasteiger partial charge in [0.2, 0.25) is 5.91 Å². The lowest BCUT2D eigenvalue weighted by Gasteiger charge is -2.20. The molecule has 1 heterocycles. The van der Waals surface area contributed by atoms with Crippen LogP contribution in [0.4, 0.5) is 14.6 Å². The van der Waals surface area contributed by atoms with Crippen LogP contribution in [0.5, 0.6) is 0 Å². The van der Waals surface area contributed by atoms with Gasteiger partial charge >= 0.3 is 0 Å². The van der Waals surface area contributed by atoms with Crippen LogP contribution in [-0.2, 0) is 22.6 Å². The van der Waals surface area contributed by atoms with Gasteiger partial charge in [-0.2, -0.15) is 0 Å². The van der Waals surface area contributed by atoms with E-state index in [1.54, 1.807) is 12.1 Å². The highest BCUT2D eigenvalue weighted by molar-refractivity contribution is 5.89. The van der Waals surface area contributed by atoms with Crippen molar-refractivity contribution in [3.05, 3.63) is 59.3 Å². The number of pyridine rings is 1. The number of carbonyl (C=O) groups is 2. The summed E-state index contributed by atoms with van der Waals surface area (Å²) in [6.07, 6.45) is -0.135. The average Bonchev–Trinajstić information content (AvgIpc) is 2.68. The Hall–Kier alpha value is -3.11. The number of carbonyl (C=O) groups excluding carboxylic acids is 2. The van der Waals surface area contributed by atoms with E-state index in [-0.39, 0.29) is 25.1 Å². The molecule has 0 aliphatic rings. The summed E-state index contributed by atoms with van der Waals surface area (Å²) in [6.45, 7) is -0.224. The minimum absolute atomic E-state index is 0.107. The van der Waals surface area contributed by atoms with Crippen LogP contribution in [0.15, 0.2) is 36.5 Å². The fourth-order valence-electron chi connectivity index (χ4n) is 2.34. The van der Waals surface area contributed by atoms with Crippen LogP contribution in [0.2, 0.25) is 0 Å². The SMILES string of the molecule is NC[C@H](O)C(=O)NC(Cc1ccc(F)c(F)c1)C(=O)NCc1ccc(N)nc1. The molecule has 2 amide bonds. The maximum atomic E-state index is 13.4. The van der Waals surface area contributed by atoms with Crippen molar-refractivity contribution in [2.24, 2.45) is 5.73 Å². The Morgan fingerprint density at radius 3 is 2.43 bits per heavy atom. The van der Waals surface area contributed by atoms with Gasteiger partial charge in [-0.3, -0.25) is 9.59 Å². The second-order valence-electron chi connectivity index (χ2n) is 6.07. The maximum absolute atomic E-state index is 13.4. The zero-order valence-electron chi connectivity index (χ0n) is 14.9. The number of benzene rings is 1. The van der Waals surface area contributed by atoms with Crippen LogP contribution in [-0.4, -0.2) is 40.6 Å². The van der Waals surface area contributed by atoms with Crippen molar-refractivity contribution in [1.82, 2.24) is 15.6 Å². The van der Waals surface area contributed by atoms with Crippen molar-refractivity contribution in [2.75, 3.05) is 12.3 Å². The van der Waals surface area contributed by atoms with E-state index in [2.05, 4.69) is 15.6 Å². The summed E-state index contributed by atoms with van der Waals surface area (Å²) in [5.74, 6) is -3.20. The van der Waals surface area contributed by atoms with Gasteiger partial charge in [0, 0.05) is 25.7 Å². The van der Waals surface area contributed by atoms with Gasteiger partial charge in [0.25, 0.3) is 5.91 Å². The Balaban J connectivity index is 2.11. The summed E-state index contributed by atoms with van der Waals surface area (Å²) >= 11 is 0. The number of anilines is 1. The predicted octanol–water partition coefficient (Wildman–Crippen LogP) is -0.395. The molecule has 2 aromatic rings. The standard InChI is InChI=1S/C18H21F2N5O3/c19-12-3-1-10(5-13(12)20)6-14(25-18(28)15(26)7-21)17(27)24-9-11-2-4-16(22)23-8-11/h1-5,8,14-15,26H,6-7,9,21H2,(H2,22,23)(H,24,27)(H,25,28)/t14?,15-/m0/s1. The smallest absolute Gasteiger partial charge is 0.250 e. The zero-order chi connectivity index (χ0) is 20.7. The fourth-order valence-corrected chi connectivity index (χ4v) is 2.34. The normalized spacial score (nSPS) is 12.9. The second-order valence-corrected chi connectivity index (χ2v) is 6.07. The molecule has 0 bridgehead atoms. The number of aliphatic hydroxyl groups excluding tert-OH is 1. The van der Waals surface area contributed by atoms with Gasteiger partial charge in [0.15, 0.2) is 11.6 Å². The Bertz CT molecular complexity index is 832. The number of aliphatic hydroxyl groups is 1. The first-order valence-corrected chi connectivity index (χ1v) is 8.40. The van der Waals surface area contributed by atoms with E-state index in [1.165, 1.54) is 12.3 Å². The van der Waals surface area contributed by atoms with Gasteiger partial charge in [0.05, 0.1) is 0 Å². The molecule has 2 rings (SSSR count). The molecule has 0 radical (unpaired) electrons. The molecule has 0 saturated heterocycles. The number of aromatic nitrogens is 1. The first kappa shape index (κ1) is 21.2. The van der Waals surface area contributed by atoms with Gasteiger partial charge in [-0.05, 0) is 29.3 Å². The van der Waals surface area contributed by atoms with Crippen molar-refractivity contribution < 1.29 is 23.5 Å². The second kappa shape index (κ2) is 9.72. The summed E-state index contributed by atoms with van der Waals surface area (Å²) in [7, 11) is 0. The molecule has 1 aromatic carbocycles. The van der Waals surface area contributed by atoms with E-state index >= 15 is 0 Å². The number of nitrogens with zero attached hydrogens (tertiary/aromatic N) is 1. The molecule has 10 heteroatoms. The number of rotatable bonds is 8. The molecule has 0 fully saturated rings. The van der Waals surface area contributed by atoms with Crippen molar-refractivity contribution >= 4 is 17.6 Å². The number of nitrogen functional groups attached to an aromatic ring is 1. The lowest BCUT2D eigenvalue weighted by molar-refractivity contribution is -0.133. The quantitative estimate of drug-likeness (QED) is 0.413. The Morgan fingerprint density at radius 2 is 1.82 bits per heavy atom. The van der Waals surface area contributed by atoms with Crippen LogP contribution >= 0.6 is 0 Å². The Morgan fingerprint density at radius 1 is 1.11 bits per heavy atom. The van der Waals surface area contributed by atoms with Gasteiger partial charge < -0.3 is 27.2 Å². The highest BCUT2D eigenvalue weighted by Gasteiger charge is 2.24. The van der Waals surface area contributed by atoms with Crippen LogP contribution in [0.1, 0.15) is 11.1 Å². The van der Waals surface area contributed by atoms with Crippen LogP contribution in [0.3, 0.4) is 0 Å². The monoisotopic (exact) mass is 393 g/mol. The lowest BCUT2D eigenvalue weighted by atomic mass is 10.0. The number of amides is 2. The lowest BCUT2D eigenvalue weighted by Crippen LogP contribution is -2.51. The minimum Gasteiger partial charge on any atom is -0.384 e. The molecule has 0 aliphatic carbocycles. The topological polar surface area (TPSA) is 143 Å². The first-order chi connectivity index (χ1) is 13.3. The highest BCUT2D eigenvalue weighted by atomic mass is 19.2. The molecule has 1 aromatic heterocycles. The van der Waals surface area contributed by atoms with E-state index in [9.17, 15) is 23.5 Å². The Labute approximate surface area is 159 Å².